The third kappa shape index (κ3) is 2.13. The van der Waals surface area contributed by atoms with E-state index in [0.29, 0.717) is 0 Å². The van der Waals surface area contributed by atoms with Gasteiger partial charge in [0, 0.05) is 11.1 Å². The smallest absolute Gasteiger partial charge is 0.178 e. The fraction of sp³-hybridized carbons (Fsp3) is 0.286. The van der Waals surface area contributed by atoms with Gasteiger partial charge < -0.3 is 9.55 Å². The van der Waals surface area contributed by atoms with Gasteiger partial charge in [-0.1, -0.05) is 6.07 Å². The van der Waals surface area contributed by atoms with Crippen LogP contribution >= 0.6 is 23.6 Å². The number of aromatic amines is 1. The van der Waals surface area contributed by atoms with E-state index < -0.39 is 0 Å². The third-order valence-electron chi connectivity index (χ3n) is 3.25. The molecule has 5 heteroatoms. The minimum absolute atomic E-state index is 0.154. The predicted octanol–water partition coefficient (Wildman–Crippen LogP) is 4.38. The first-order valence-corrected chi connectivity index (χ1v) is 7.48. The van der Waals surface area contributed by atoms with Crippen LogP contribution in [0.5, 0.6) is 0 Å². The molecule has 0 saturated carbocycles. The number of rotatable bonds is 2. The van der Waals surface area contributed by atoms with Gasteiger partial charge in [-0.25, -0.2) is 4.98 Å². The molecule has 1 aromatic carbocycles. The second-order valence-corrected chi connectivity index (χ2v) is 6.10. The Morgan fingerprint density at radius 2 is 2.16 bits per heavy atom. The SMILES string of the molecule is Cc1ccc2[nH]c(=S)n(C(C)c3nc(C)cs3)c2c1. The summed E-state index contributed by atoms with van der Waals surface area (Å²) in [6, 6.07) is 6.49. The number of aromatic nitrogens is 3. The van der Waals surface area contributed by atoms with Gasteiger partial charge in [0.2, 0.25) is 0 Å². The molecule has 0 saturated heterocycles. The Balaban J connectivity index is 2.21. The summed E-state index contributed by atoms with van der Waals surface area (Å²) in [4.78, 5) is 7.84. The Hall–Kier alpha value is -1.46. The molecule has 0 fully saturated rings. The normalized spacial score (nSPS) is 13.0. The molecule has 0 aliphatic rings. The van der Waals surface area contributed by atoms with Crippen molar-refractivity contribution in [2.45, 2.75) is 26.8 Å². The van der Waals surface area contributed by atoms with Gasteiger partial charge in [-0.2, -0.15) is 0 Å². The second kappa shape index (κ2) is 4.58. The van der Waals surface area contributed by atoms with Crippen LogP contribution in [-0.4, -0.2) is 14.5 Å². The van der Waals surface area contributed by atoms with E-state index in [1.54, 1.807) is 11.3 Å². The summed E-state index contributed by atoms with van der Waals surface area (Å²) >= 11 is 7.15. The van der Waals surface area contributed by atoms with Gasteiger partial charge in [0.25, 0.3) is 0 Å². The van der Waals surface area contributed by atoms with Crippen LogP contribution in [0, 0.1) is 18.6 Å². The molecule has 98 valence electrons. The number of H-pyrrole nitrogens is 1. The molecule has 1 N–H and O–H groups in total. The molecule has 0 radical (unpaired) electrons. The lowest BCUT2D eigenvalue weighted by atomic mass is 10.2. The monoisotopic (exact) mass is 289 g/mol. The number of nitrogens with one attached hydrogen (secondary N) is 1. The van der Waals surface area contributed by atoms with Gasteiger partial charge in [0.15, 0.2) is 4.77 Å². The fourth-order valence-corrected chi connectivity index (χ4v) is 3.50. The number of fused-ring (bicyclic) bond motifs is 1. The molecule has 0 amide bonds. The molecule has 0 spiro atoms. The van der Waals surface area contributed by atoms with E-state index >= 15 is 0 Å². The summed E-state index contributed by atoms with van der Waals surface area (Å²) in [7, 11) is 0. The van der Waals surface area contributed by atoms with Crippen LogP contribution in [0.2, 0.25) is 0 Å². The summed E-state index contributed by atoms with van der Waals surface area (Å²) in [5, 5.41) is 3.17. The van der Waals surface area contributed by atoms with Crippen LogP contribution < -0.4 is 0 Å². The number of hydrogen-bond acceptors (Lipinski definition) is 3. The van der Waals surface area contributed by atoms with Crippen molar-refractivity contribution in [3.8, 4) is 0 Å². The molecule has 3 rings (SSSR count). The third-order valence-corrected chi connectivity index (χ3v) is 4.69. The van der Waals surface area contributed by atoms with Crippen LogP contribution in [0.4, 0.5) is 0 Å². The zero-order valence-electron chi connectivity index (χ0n) is 11.1. The zero-order chi connectivity index (χ0) is 13.6. The average molecular weight is 289 g/mol. The largest absolute Gasteiger partial charge is 0.331 e. The molecule has 19 heavy (non-hydrogen) atoms. The molecule has 0 bridgehead atoms. The molecular weight excluding hydrogens is 274 g/mol. The first-order valence-electron chi connectivity index (χ1n) is 6.19. The van der Waals surface area contributed by atoms with Crippen molar-refractivity contribution in [1.29, 1.82) is 0 Å². The van der Waals surface area contributed by atoms with Gasteiger partial charge in [-0.15, -0.1) is 11.3 Å². The lowest BCUT2D eigenvalue weighted by Gasteiger charge is -2.12. The van der Waals surface area contributed by atoms with Gasteiger partial charge in [0.05, 0.1) is 17.1 Å². The average Bonchev–Trinajstić information content (AvgIpc) is 2.91. The predicted molar refractivity (Wildman–Crippen MR) is 82.5 cm³/mol. The van der Waals surface area contributed by atoms with E-state index in [2.05, 4.69) is 52.0 Å². The molecule has 1 unspecified atom stereocenters. The van der Waals surface area contributed by atoms with Crippen molar-refractivity contribution in [3.05, 3.63) is 44.6 Å². The van der Waals surface area contributed by atoms with E-state index in [1.165, 1.54) is 5.56 Å². The Morgan fingerprint density at radius 1 is 1.37 bits per heavy atom. The minimum Gasteiger partial charge on any atom is -0.331 e. The lowest BCUT2D eigenvalue weighted by Crippen LogP contribution is -2.06. The Morgan fingerprint density at radius 3 is 2.84 bits per heavy atom. The number of imidazole rings is 1. The highest BCUT2D eigenvalue weighted by molar-refractivity contribution is 7.71. The maximum atomic E-state index is 5.46. The van der Waals surface area contributed by atoms with Crippen molar-refractivity contribution in [2.24, 2.45) is 0 Å². The van der Waals surface area contributed by atoms with Crippen molar-refractivity contribution in [2.75, 3.05) is 0 Å². The van der Waals surface area contributed by atoms with Crippen LogP contribution in [0.15, 0.2) is 23.6 Å². The first kappa shape index (κ1) is 12.6. The standard InChI is InChI=1S/C14H15N3S2/c1-8-4-5-11-12(6-8)17(14(18)16-11)10(3)13-15-9(2)7-19-13/h4-7,10H,1-3H3,(H,16,18). The van der Waals surface area contributed by atoms with Crippen molar-refractivity contribution >= 4 is 34.6 Å². The highest BCUT2D eigenvalue weighted by Gasteiger charge is 2.15. The molecule has 2 heterocycles. The molecule has 0 aliphatic heterocycles. The molecule has 2 aromatic heterocycles. The van der Waals surface area contributed by atoms with Gasteiger partial charge in [-0.05, 0) is 50.7 Å². The summed E-state index contributed by atoms with van der Waals surface area (Å²) < 4.78 is 2.90. The van der Waals surface area contributed by atoms with Crippen molar-refractivity contribution < 1.29 is 0 Å². The van der Waals surface area contributed by atoms with E-state index in [1.807, 2.05) is 6.92 Å². The minimum atomic E-state index is 0.154. The Kier molecular flexibility index (Phi) is 3.03. The summed E-state index contributed by atoms with van der Waals surface area (Å²) in [5.74, 6) is 0. The van der Waals surface area contributed by atoms with Gasteiger partial charge in [0.1, 0.15) is 5.01 Å². The fourth-order valence-electron chi connectivity index (χ4n) is 2.29. The lowest BCUT2D eigenvalue weighted by molar-refractivity contribution is 0.643. The number of aryl methyl sites for hydroxylation is 2. The van der Waals surface area contributed by atoms with Crippen LogP contribution in [-0.2, 0) is 0 Å². The van der Waals surface area contributed by atoms with E-state index in [4.69, 9.17) is 12.2 Å². The second-order valence-electron chi connectivity index (χ2n) is 4.82. The number of thiazole rings is 1. The van der Waals surface area contributed by atoms with E-state index in [-0.39, 0.29) is 6.04 Å². The van der Waals surface area contributed by atoms with Crippen LogP contribution in [0.3, 0.4) is 0 Å². The van der Waals surface area contributed by atoms with Crippen LogP contribution in [0.1, 0.15) is 29.2 Å². The Labute approximate surface area is 120 Å². The van der Waals surface area contributed by atoms with Gasteiger partial charge >= 0.3 is 0 Å². The number of hydrogen-bond donors (Lipinski definition) is 1. The van der Waals surface area contributed by atoms with Gasteiger partial charge in [-0.3, -0.25) is 0 Å². The maximum absolute atomic E-state index is 5.46. The van der Waals surface area contributed by atoms with Crippen molar-refractivity contribution in [3.63, 3.8) is 0 Å². The van der Waals surface area contributed by atoms with Crippen molar-refractivity contribution in [1.82, 2.24) is 14.5 Å². The first-order chi connectivity index (χ1) is 9.06. The molecule has 3 aromatic rings. The molecule has 3 nitrogen and oxygen atoms in total. The quantitative estimate of drug-likeness (QED) is 0.710. The zero-order valence-corrected chi connectivity index (χ0v) is 12.7. The highest BCUT2D eigenvalue weighted by atomic mass is 32.1. The van der Waals surface area contributed by atoms with Crippen LogP contribution in [0.25, 0.3) is 11.0 Å². The highest BCUT2D eigenvalue weighted by Crippen LogP contribution is 2.27. The van der Waals surface area contributed by atoms with E-state index in [9.17, 15) is 0 Å². The summed E-state index contributed by atoms with van der Waals surface area (Å²) in [5.41, 5.74) is 4.52. The number of benzene rings is 1. The number of nitrogens with zero attached hydrogens (tertiary/aromatic N) is 2. The Bertz CT molecular complexity index is 794. The topological polar surface area (TPSA) is 33.6 Å². The van der Waals surface area contributed by atoms with E-state index in [0.717, 1.165) is 26.5 Å². The maximum Gasteiger partial charge on any atom is 0.178 e. The molecular formula is C14H15N3S2. The summed E-state index contributed by atoms with van der Waals surface area (Å²) in [6.07, 6.45) is 0. The molecule has 1 atom stereocenters. The summed E-state index contributed by atoms with van der Waals surface area (Å²) in [6.45, 7) is 6.26. The molecule has 0 aliphatic carbocycles.